The number of ether oxygens (including phenoxy) is 2. The molecule has 26 heavy (non-hydrogen) atoms. The van der Waals surface area contributed by atoms with Crippen LogP contribution in [-0.4, -0.2) is 30.9 Å². The van der Waals surface area contributed by atoms with E-state index >= 15 is 0 Å². The van der Waals surface area contributed by atoms with Gasteiger partial charge in [-0.05, 0) is 36.4 Å². The first-order valence-corrected chi connectivity index (χ1v) is 8.33. The Morgan fingerprint density at radius 3 is 2.35 bits per heavy atom. The molecule has 2 rings (SSSR count). The van der Waals surface area contributed by atoms with E-state index in [1.807, 2.05) is 0 Å². The highest BCUT2D eigenvalue weighted by molar-refractivity contribution is 6.33. The lowest BCUT2D eigenvalue weighted by Gasteiger charge is -2.09. The van der Waals surface area contributed by atoms with Gasteiger partial charge in [-0.15, -0.1) is 0 Å². The Morgan fingerprint density at radius 2 is 1.69 bits per heavy atom. The average molecular weight is 376 g/mol. The second kappa shape index (κ2) is 9.58. The van der Waals surface area contributed by atoms with Crippen LogP contribution < -0.4 is 10.1 Å². The van der Waals surface area contributed by atoms with E-state index in [4.69, 9.17) is 21.1 Å². The third kappa shape index (κ3) is 5.89. The van der Waals surface area contributed by atoms with Crippen molar-refractivity contribution in [2.45, 2.75) is 13.3 Å². The van der Waals surface area contributed by atoms with Crippen LogP contribution in [0.1, 0.15) is 23.7 Å². The molecule has 0 spiro atoms. The number of rotatable bonds is 8. The van der Waals surface area contributed by atoms with Gasteiger partial charge in [-0.1, -0.05) is 30.7 Å². The van der Waals surface area contributed by atoms with Crippen molar-refractivity contribution < 1.29 is 23.9 Å². The quantitative estimate of drug-likeness (QED) is 0.564. The maximum absolute atomic E-state index is 11.8. The Kier molecular flexibility index (Phi) is 7.17. The molecule has 0 radical (unpaired) electrons. The minimum Gasteiger partial charge on any atom is -0.482 e. The molecule has 0 atom stereocenters. The molecule has 0 saturated carbocycles. The van der Waals surface area contributed by atoms with Gasteiger partial charge in [0.05, 0.1) is 10.7 Å². The summed E-state index contributed by atoms with van der Waals surface area (Å²) >= 11 is 5.92. The van der Waals surface area contributed by atoms with Gasteiger partial charge in [0.1, 0.15) is 5.75 Å². The summed E-state index contributed by atoms with van der Waals surface area (Å²) in [6.45, 7) is 0.989. The highest BCUT2D eigenvalue weighted by atomic mass is 35.5. The molecule has 6 nitrogen and oxygen atoms in total. The molecular formula is C19H18ClNO5. The van der Waals surface area contributed by atoms with Crippen molar-refractivity contribution in [3.05, 3.63) is 59.1 Å². The minimum atomic E-state index is -0.687. The second-order valence-corrected chi connectivity index (χ2v) is 5.69. The van der Waals surface area contributed by atoms with Crippen LogP contribution in [0.15, 0.2) is 48.5 Å². The summed E-state index contributed by atoms with van der Waals surface area (Å²) in [6, 6.07) is 13.2. The lowest BCUT2D eigenvalue weighted by atomic mass is 10.1. The zero-order chi connectivity index (χ0) is 18.9. The average Bonchev–Trinajstić information content (AvgIpc) is 2.66. The molecule has 136 valence electrons. The Labute approximate surface area is 156 Å². The number of para-hydroxylation sites is 1. The summed E-state index contributed by atoms with van der Waals surface area (Å²) in [6.07, 6.45) is 0.419. The number of benzene rings is 2. The largest absolute Gasteiger partial charge is 0.482 e. The van der Waals surface area contributed by atoms with Crippen LogP contribution in [-0.2, 0) is 14.3 Å². The number of halogens is 1. The second-order valence-electron chi connectivity index (χ2n) is 5.28. The van der Waals surface area contributed by atoms with Crippen LogP contribution in [0.2, 0.25) is 5.02 Å². The summed E-state index contributed by atoms with van der Waals surface area (Å²) in [5.41, 5.74) is 1.02. The van der Waals surface area contributed by atoms with Crippen molar-refractivity contribution in [2.75, 3.05) is 18.5 Å². The standard InChI is InChI=1S/C19H18ClNO5/c1-2-17(22)13-7-9-14(10-8-13)25-12-19(24)26-11-18(23)21-16-6-4-3-5-15(16)20/h3-10H,2,11-12H2,1H3,(H,21,23). The van der Waals surface area contributed by atoms with Crippen LogP contribution in [0.5, 0.6) is 5.75 Å². The lowest BCUT2D eigenvalue weighted by Crippen LogP contribution is -2.23. The van der Waals surface area contributed by atoms with Gasteiger partial charge in [0.15, 0.2) is 19.0 Å². The van der Waals surface area contributed by atoms with Crippen molar-refractivity contribution in [1.82, 2.24) is 0 Å². The fraction of sp³-hybridized carbons (Fsp3) is 0.211. The molecule has 0 heterocycles. The third-order valence-electron chi connectivity index (χ3n) is 3.37. The molecule has 0 bridgehead atoms. The first-order chi connectivity index (χ1) is 12.5. The van der Waals surface area contributed by atoms with Gasteiger partial charge in [0.2, 0.25) is 0 Å². The van der Waals surface area contributed by atoms with E-state index in [1.54, 1.807) is 55.5 Å². The highest BCUT2D eigenvalue weighted by Crippen LogP contribution is 2.20. The van der Waals surface area contributed by atoms with Crippen molar-refractivity contribution in [3.8, 4) is 5.75 Å². The number of carbonyl (C=O) groups is 3. The molecule has 0 fully saturated rings. The molecule has 2 aromatic carbocycles. The van der Waals surface area contributed by atoms with E-state index in [-0.39, 0.29) is 12.4 Å². The predicted molar refractivity (Wildman–Crippen MR) is 97.6 cm³/mol. The van der Waals surface area contributed by atoms with E-state index in [0.717, 1.165) is 0 Å². The number of hydrogen-bond donors (Lipinski definition) is 1. The first-order valence-electron chi connectivity index (χ1n) is 7.95. The zero-order valence-corrected chi connectivity index (χ0v) is 14.9. The van der Waals surface area contributed by atoms with E-state index in [2.05, 4.69) is 5.32 Å². The van der Waals surface area contributed by atoms with Crippen molar-refractivity contribution >= 4 is 34.9 Å². The van der Waals surface area contributed by atoms with Crippen molar-refractivity contribution in [2.24, 2.45) is 0 Å². The Balaban J connectivity index is 1.74. The molecule has 0 aliphatic rings. The molecule has 0 saturated heterocycles. The van der Waals surface area contributed by atoms with Crippen LogP contribution in [0.25, 0.3) is 0 Å². The SMILES string of the molecule is CCC(=O)c1ccc(OCC(=O)OCC(=O)Nc2ccccc2Cl)cc1. The zero-order valence-electron chi connectivity index (χ0n) is 14.2. The molecule has 0 aromatic heterocycles. The Hall–Kier alpha value is -2.86. The molecule has 1 N–H and O–H groups in total. The number of Topliss-reactive ketones (excluding diaryl/α,β-unsaturated/α-hetero) is 1. The van der Waals surface area contributed by atoms with Crippen LogP contribution in [0.4, 0.5) is 5.69 Å². The number of amides is 1. The van der Waals surface area contributed by atoms with Gasteiger partial charge in [0, 0.05) is 12.0 Å². The van der Waals surface area contributed by atoms with E-state index < -0.39 is 18.5 Å². The fourth-order valence-electron chi connectivity index (χ4n) is 2.02. The summed E-state index contributed by atoms with van der Waals surface area (Å²) < 4.78 is 10.1. The summed E-state index contributed by atoms with van der Waals surface area (Å²) in [4.78, 5) is 34.9. The summed E-state index contributed by atoms with van der Waals surface area (Å²) in [5, 5.41) is 2.93. The van der Waals surface area contributed by atoms with Gasteiger partial charge in [0.25, 0.3) is 5.91 Å². The lowest BCUT2D eigenvalue weighted by molar-refractivity contribution is -0.149. The number of nitrogens with one attached hydrogen (secondary N) is 1. The molecule has 0 aliphatic carbocycles. The number of carbonyl (C=O) groups excluding carboxylic acids is 3. The van der Waals surface area contributed by atoms with Gasteiger partial charge >= 0.3 is 5.97 Å². The number of hydrogen-bond acceptors (Lipinski definition) is 5. The van der Waals surface area contributed by atoms with Gasteiger partial charge in [-0.2, -0.15) is 0 Å². The highest BCUT2D eigenvalue weighted by Gasteiger charge is 2.10. The Bertz CT molecular complexity index is 789. The topological polar surface area (TPSA) is 81.7 Å². The van der Waals surface area contributed by atoms with Gasteiger partial charge < -0.3 is 14.8 Å². The van der Waals surface area contributed by atoms with Crippen LogP contribution in [0, 0.1) is 0 Å². The predicted octanol–water partition coefficient (Wildman–Crippen LogP) is 3.49. The maximum Gasteiger partial charge on any atom is 0.344 e. The molecule has 1 amide bonds. The molecule has 7 heteroatoms. The molecular weight excluding hydrogens is 358 g/mol. The number of ketones is 1. The van der Waals surface area contributed by atoms with Crippen molar-refractivity contribution in [1.29, 1.82) is 0 Å². The van der Waals surface area contributed by atoms with Gasteiger partial charge in [-0.25, -0.2) is 4.79 Å². The Morgan fingerprint density at radius 1 is 1.00 bits per heavy atom. The van der Waals surface area contributed by atoms with Crippen LogP contribution >= 0.6 is 11.6 Å². The number of esters is 1. The number of anilines is 1. The smallest absolute Gasteiger partial charge is 0.344 e. The maximum atomic E-state index is 11.8. The van der Waals surface area contributed by atoms with Gasteiger partial charge in [-0.3, -0.25) is 9.59 Å². The van der Waals surface area contributed by atoms with Crippen molar-refractivity contribution in [3.63, 3.8) is 0 Å². The summed E-state index contributed by atoms with van der Waals surface area (Å²) in [5.74, 6) is -0.738. The molecule has 0 unspecified atom stereocenters. The van der Waals surface area contributed by atoms with Crippen LogP contribution in [0.3, 0.4) is 0 Å². The molecule has 2 aromatic rings. The fourth-order valence-corrected chi connectivity index (χ4v) is 2.20. The van der Waals surface area contributed by atoms with E-state index in [1.165, 1.54) is 0 Å². The first kappa shape index (κ1) is 19.5. The summed E-state index contributed by atoms with van der Waals surface area (Å²) in [7, 11) is 0. The van der Waals surface area contributed by atoms with E-state index in [0.29, 0.717) is 28.4 Å². The third-order valence-corrected chi connectivity index (χ3v) is 3.70. The van der Waals surface area contributed by atoms with E-state index in [9.17, 15) is 14.4 Å². The molecule has 0 aliphatic heterocycles. The normalized spacial score (nSPS) is 10.1. The monoisotopic (exact) mass is 375 g/mol. The minimum absolute atomic E-state index is 0.0282.